The summed E-state index contributed by atoms with van der Waals surface area (Å²) in [5.41, 5.74) is 5.37. The highest BCUT2D eigenvalue weighted by molar-refractivity contribution is 7.89. The third-order valence-electron chi connectivity index (χ3n) is 8.99. The summed E-state index contributed by atoms with van der Waals surface area (Å²) in [6.07, 6.45) is 2.14. The van der Waals surface area contributed by atoms with E-state index in [2.05, 4.69) is 36.4 Å². The van der Waals surface area contributed by atoms with E-state index in [0.29, 0.717) is 29.0 Å². The fourth-order valence-corrected chi connectivity index (χ4v) is 8.03. The van der Waals surface area contributed by atoms with E-state index in [1.807, 2.05) is 42.5 Å². The zero-order valence-corrected chi connectivity index (χ0v) is 29.0. The summed E-state index contributed by atoms with van der Waals surface area (Å²) in [5, 5.41) is 12.0. The van der Waals surface area contributed by atoms with Crippen molar-refractivity contribution in [3.63, 3.8) is 0 Å². The van der Waals surface area contributed by atoms with Gasteiger partial charge >= 0.3 is 5.97 Å². The van der Waals surface area contributed by atoms with Gasteiger partial charge in [-0.25, -0.2) is 13.2 Å². The molecule has 262 valence electrons. The van der Waals surface area contributed by atoms with E-state index in [9.17, 15) is 23.3 Å². The molecule has 0 amide bonds. The molecule has 0 bridgehead atoms. The van der Waals surface area contributed by atoms with Crippen LogP contribution in [0, 0.1) is 10.1 Å². The third kappa shape index (κ3) is 8.34. The van der Waals surface area contributed by atoms with Crippen molar-refractivity contribution in [1.29, 1.82) is 0 Å². The second-order valence-corrected chi connectivity index (χ2v) is 14.1. The van der Waals surface area contributed by atoms with Gasteiger partial charge in [-0.2, -0.15) is 4.31 Å². The lowest BCUT2D eigenvalue weighted by Crippen LogP contribution is -2.40. The molecule has 0 aromatic heterocycles. The standard InChI is InChI=1S/C40H38N2O8S/c1-48-40(43)33-21-22-35-34(25-33)27-49-28-37(35)41(51(46,47)39-14-8-6-12-36(39)42(44)45)24-23-32-11-5-7-13-38(32)50-26-31-19-17-30(18-20-31)16-15-29-9-3-2-4-10-29/h2-14,17-22,25,37H,15-16,23-24,26-28H2,1H3. The fourth-order valence-electron chi connectivity index (χ4n) is 6.28. The molecule has 1 aliphatic rings. The average Bonchev–Trinajstić information content (AvgIpc) is 3.17. The number of fused-ring (bicyclic) bond motifs is 1. The van der Waals surface area contributed by atoms with Crippen LogP contribution in [0.2, 0.25) is 0 Å². The van der Waals surface area contributed by atoms with Crippen LogP contribution in [0.3, 0.4) is 0 Å². The number of ether oxygens (including phenoxy) is 3. The molecule has 11 heteroatoms. The van der Waals surface area contributed by atoms with E-state index in [1.165, 1.54) is 46.8 Å². The van der Waals surface area contributed by atoms with Crippen LogP contribution in [0.5, 0.6) is 5.75 Å². The zero-order valence-electron chi connectivity index (χ0n) is 28.1. The normalized spacial score (nSPS) is 14.1. The molecule has 0 spiro atoms. The summed E-state index contributed by atoms with van der Waals surface area (Å²) in [6, 6.07) is 35.5. The maximum atomic E-state index is 14.4. The molecule has 10 nitrogen and oxygen atoms in total. The van der Waals surface area contributed by atoms with E-state index in [0.717, 1.165) is 24.0 Å². The lowest BCUT2D eigenvalue weighted by Gasteiger charge is -2.35. The van der Waals surface area contributed by atoms with Gasteiger partial charge in [0.1, 0.15) is 12.4 Å². The SMILES string of the molecule is COC(=O)c1ccc2c(c1)COCC2N(CCc1ccccc1OCc1ccc(CCc2ccccc2)cc1)S(=O)(=O)c1ccccc1[N+](=O)[O-]. The van der Waals surface area contributed by atoms with Crippen molar-refractivity contribution >= 4 is 21.7 Å². The number of carbonyl (C=O) groups is 1. The van der Waals surface area contributed by atoms with Gasteiger partial charge in [-0.05, 0) is 76.9 Å². The monoisotopic (exact) mass is 706 g/mol. The van der Waals surface area contributed by atoms with E-state index >= 15 is 0 Å². The van der Waals surface area contributed by atoms with Gasteiger partial charge < -0.3 is 14.2 Å². The number of rotatable bonds is 14. The molecule has 1 atom stereocenters. The molecule has 0 N–H and O–H groups in total. The lowest BCUT2D eigenvalue weighted by molar-refractivity contribution is -0.387. The van der Waals surface area contributed by atoms with E-state index in [-0.39, 0.29) is 26.2 Å². The van der Waals surface area contributed by atoms with Crippen LogP contribution in [-0.4, -0.2) is 43.9 Å². The summed E-state index contributed by atoms with van der Waals surface area (Å²) in [4.78, 5) is 23.1. The first-order valence-corrected chi connectivity index (χ1v) is 18.0. The van der Waals surface area contributed by atoms with Gasteiger partial charge in [0.05, 0.1) is 36.9 Å². The van der Waals surface area contributed by atoms with Crippen molar-refractivity contribution in [2.24, 2.45) is 0 Å². The van der Waals surface area contributed by atoms with Crippen LogP contribution in [0.4, 0.5) is 5.69 Å². The smallest absolute Gasteiger partial charge is 0.337 e. The predicted molar refractivity (Wildman–Crippen MR) is 192 cm³/mol. The highest BCUT2D eigenvalue weighted by Gasteiger charge is 2.39. The molecule has 5 aromatic rings. The molecule has 0 radical (unpaired) electrons. The highest BCUT2D eigenvalue weighted by atomic mass is 32.2. The Kier molecular flexibility index (Phi) is 11.2. The number of hydrogen-bond acceptors (Lipinski definition) is 8. The van der Waals surface area contributed by atoms with Crippen molar-refractivity contribution in [3.05, 3.63) is 170 Å². The minimum absolute atomic E-state index is 0.0178. The molecule has 51 heavy (non-hydrogen) atoms. The van der Waals surface area contributed by atoms with Gasteiger partial charge in [0.2, 0.25) is 0 Å². The van der Waals surface area contributed by atoms with Gasteiger partial charge in [-0.15, -0.1) is 0 Å². The van der Waals surface area contributed by atoms with Gasteiger partial charge in [0.25, 0.3) is 15.7 Å². The fraction of sp³-hybridized carbons (Fsp3) is 0.225. The van der Waals surface area contributed by atoms with Crippen LogP contribution >= 0.6 is 0 Å². The molecule has 0 saturated carbocycles. The number of para-hydroxylation sites is 2. The maximum Gasteiger partial charge on any atom is 0.337 e. The number of esters is 1. The number of nitrogens with zero attached hydrogens (tertiary/aromatic N) is 2. The molecule has 0 fully saturated rings. The molecule has 1 aliphatic heterocycles. The Hall–Kier alpha value is -5.36. The van der Waals surface area contributed by atoms with Crippen molar-refractivity contribution in [2.75, 3.05) is 20.3 Å². The van der Waals surface area contributed by atoms with Crippen molar-refractivity contribution < 1.29 is 32.3 Å². The maximum absolute atomic E-state index is 14.4. The quantitative estimate of drug-likeness (QED) is 0.0672. The van der Waals surface area contributed by atoms with Crippen molar-refractivity contribution in [3.8, 4) is 5.75 Å². The van der Waals surface area contributed by atoms with Gasteiger partial charge in [-0.3, -0.25) is 10.1 Å². The lowest BCUT2D eigenvalue weighted by atomic mass is 9.96. The van der Waals surface area contributed by atoms with Crippen LogP contribution in [0.1, 0.15) is 49.8 Å². The summed E-state index contributed by atoms with van der Waals surface area (Å²) >= 11 is 0. The number of nitro benzene ring substituents is 1. The van der Waals surface area contributed by atoms with E-state index in [1.54, 1.807) is 18.2 Å². The molecule has 0 aliphatic carbocycles. The van der Waals surface area contributed by atoms with Gasteiger partial charge in [-0.1, -0.05) is 91.0 Å². The highest BCUT2D eigenvalue weighted by Crippen LogP contribution is 2.37. The molecule has 5 aromatic carbocycles. The number of benzene rings is 5. The van der Waals surface area contributed by atoms with Crippen molar-refractivity contribution in [2.45, 2.75) is 43.4 Å². The predicted octanol–water partition coefficient (Wildman–Crippen LogP) is 7.25. The van der Waals surface area contributed by atoms with Gasteiger partial charge in [0.15, 0.2) is 4.90 Å². The Balaban J connectivity index is 1.23. The number of hydrogen-bond donors (Lipinski definition) is 0. The molecule has 1 heterocycles. The average molecular weight is 707 g/mol. The van der Waals surface area contributed by atoms with Crippen LogP contribution < -0.4 is 4.74 Å². The first kappa shape index (κ1) is 35.5. The Morgan fingerprint density at radius 2 is 1.51 bits per heavy atom. The zero-order chi connectivity index (χ0) is 35.8. The number of carbonyl (C=O) groups excluding carboxylic acids is 1. The Morgan fingerprint density at radius 1 is 0.843 bits per heavy atom. The number of aryl methyl sites for hydroxylation is 2. The number of sulfonamides is 1. The van der Waals surface area contributed by atoms with Crippen LogP contribution in [0.15, 0.2) is 126 Å². The molecule has 1 unspecified atom stereocenters. The first-order valence-electron chi connectivity index (χ1n) is 16.6. The summed E-state index contributed by atoms with van der Waals surface area (Å²) in [7, 11) is -3.15. The topological polar surface area (TPSA) is 125 Å². The van der Waals surface area contributed by atoms with Gasteiger partial charge in [0, 0.05) is 12.6 Å². The summed E-state index contributed by atoms with van der Waals surface area (Å²) in [6.45, 7) is 0.475. The van der Waals surface area contributed by atoms with Crippen LogP contribution in [-0.2, 0) is 52.0 Å². The second-order valence-electron chi connectivity index (χ2n) is 12.2. The number of methoxy groups -OCH3 is 1. The van der Waals surface area contributed by atoms with Crippen molar-refractivity contribution in [1.82, 2.24) is 4.31 Å². The second kappa shape index (κ2) is 16.1. The molecular weight excluding hydrogens is 669 g/mol. The molecular formula is C40H38N2O8S. The first-order chi connectivity index (χ1) is 24.7. The Labute approximate surface area is 297 Å². The molecule has 6 rings (SSSR count). The minimum atomic E-state index is -4.44. The third-order valence-corrected chi connectivity index (χ3v) is 10.9. The summed E-state index contributed by atoms with van der Waals surface area (Å²) in [5.74, 6) is 0.0802. The van der Waals surface area contributed by atoms with Crippen LogP contribution in [0.25, 0.3) is 0 Å². The molecule has 0 saturated heterocycles. The Bertz CT molecular complexity index is 2100. The van der Waals surface area contributed by atoms with E-state index in [4.69, 9.17) is 14.2 Å². The largest absolute Gasteiger partial charge is 0.489 e. The van der Waals surface area contributed by atoms with E-state index < -0.39 is 37.5 Å². The Morgan fingerprint density at radius 3 is 2.25 bits per heavy atom. The number of nitro groups is 1. The minimum Gasteiger partial charge on any atom is -0.489 e. The summed E-state index contributed by atoms with van der Waals surface area (Å²) < 4.78 is 47.1.